The Bertz CT molecular complexity index is 270. The van der Waals surface area contributed by atoms with Gasteiger partial charge in [-0.05, 0) is 10.3 Å². The molecule has 0 aliphatic heterocycles. The second-order valence-corrected chi connectivity index (χ2v) is 3.03. The number of methoxy groups -OCH3 is 1. The van der Waals surface area contributed by atoms with E-state index in [1.807, 2.05) is 30.3 Å². The first-order valence-electron chi connectivity index (χ1n) is 4.55. The summed E-state index contributed by atoms with van der Waals surface area (Å²) in [6, 6.07) is 10.1. The molecular formula is C10H15ClN2O3. The van der Waals surface area contributed by atoms with Crippen molar-refractivity contribution in [3.63, 3.8) is 0 Å². The van der Waals surface area contributed by atoms with Gasteiger partial charge in [0.2, 0.25) is 0 Å². The molecule has 0 saturated heterocycles. The van der Waals surface area contributed by atoms with Crippen molar-refractivity contribution >= 4 is 18.1 Å². The second kappa shape index (κ2) is 10.5. The zero-order valence-electron chi connectivity index (χ0n) is 8.97. The molecule has 2 N–H and O–H groups in total. The maximum absolute atomic E-state index is 9.45. The molecule has 1 rings (SSSR count). The van der Waals surface area contributed by atoms with Gasteiger partial charge in [-0.15, -0.1) is 0 Å². The molecule has 5 nitrogen and oxygen atoms in total. The summed E-state index contributed by atoms with van der Waals surface area (Å²) in [6.07, 6.45) is 0.575. The van der Waals surface area contributed by atoms with Crippen molar-refractivity contribution in [2.24, 2.45) is 0 Å². The van der Waals surface area contributed by atoms with Gasteiger partial charge in [0.05, 0.1) is 13.2 Å². The minimum absolute atomic E-state index is 0.0139. The van der Waals surface area contributed by atoms with Crippen LogP contribution in [0.1, 0.15) is 5.56 Å². The van der Waals surface area contributed by atoms with Gasteiger partial charge in [0, 0.05) is 18.9 Å². The quantitative estimate of drug-likeness (QED) is 0.467. The van der Waals surface area contributed by atoms with E-state index in [-0.39, 0.29) is 11.2 Å². The summed E-state index contributed by atoms with van der Waals surface area (Å²) in [5, 5.41) is 8.01. The number of hydrogen-bond donors (Lipinski definition) is 2. The molecule has 0 aromatic heterocycles. The van der Waals surface area contributed by atoms with E-state index in [1.165, 1.54) is 5.56 Å². The Labute approximate surface area is 99.6 Å². The van der Waals surface area contributed by atoms with Crippen LogP contribution in [0.15, 0.2) is 30.3 Å². The number of halogens is 1. The zero-order chi connectivity index (χ0) is 12.2. The molecule has 0 aliphatic rings. The Balaban J connectivity index is 0.000000293. The van der Waals surface area contributed by atoms with Crippen LogP contribution in [0, 0.1) is 0 Å². The molecule has 90 valence electrons. The van der Waals surface area contributed by atoms with Crippen molar-refractivity contribution in [2.45, 2.75) is 6.61 Å². The highest BCUT2D eigenvalue weighted by Crippen LogP contribution is 1.98. The fraction of sp³-hybridized carbons (Fsp3) is 0.300. The topological polar surface area (TPSA) is 61.8 Å². The van der Waals surface area contributed by atoms with Crippen molar-refractivity contribution in [2.75, 3.05) is 13.7 Å². The van der Waals surface area contributed by atoms with Crippen LogP contribution in [-0.2, 0) is 16.1 Å². The maximum Gasteiger partial charge on any atom is 0.135 e. The van der Waals surface area contributed by atoms with Gasteiger partial charge in [-0.2, -0.15) is 0 Å². The largest absolute Gasteiger partial charge is 0.380 e. The molecule has 0 heterocycles. The van der Waals surface area contributed by atoms with Crippen LogP contribution >= 0.6 is 11.8 Å². The predicted octanol–water partition coefficient (Wildman–Crippen LogP) is 1.37. The normalized spacial score (nSPS) is 9.50. The standard InChI is InChI=1S/C8H10O.C2H5ClN2O2/c1-9-7-8-5-3-2-4-6-8;3-5(7)4-1-2-6/h2-6H,7H2,1H3;2,4,7H,1H2. The van der Waals surface area contributed by atoms with Crippen molar-refractivity contribution in [1.29, 1.82) is 0 Å². The average Bonchev–Trinajstić information content (AvgIpc) is 2.29. The molecule has 0 atom stereocenters. The summed E-state index contributed by atoms with van der Waals surface area (Å²) in [7, 11) is 1.70. The number of hydrazine groups is 1. The Morgan fingerprint density at radius 2 is 2.12 bits per heavy atom. The van der Waals surface area contributed by atoms with Crippen molar-refractivity contribution in [3.8, 4) is 0 Å². The van der Waals surface area contributed by atoms with E-state index < -0.39 is 0 Å². The summed E-state index contributed by atoms with van der Waals surface area (Å²) >= 11 is 4.78. The molecule has 0 saturated carbocycles. The highest BCUT2D eigenvalue weighted by Gasteiger charge is 1.86. The number of nitrogens with one attached hydrogen (secondary N) is 1. The number of aldehydes is 1. The maximum atomic E-state index is 9.45. The van der Waals surface area contributed by atoms with E-state index in [4.69, 9.17) is 21.7 Å². The molecule has 0 unspecified atom stereocenters. The second-order valence-electron chi connectivity index (χ2n) is 2.71. The van der Waals surface area contributed by atoms with Crippen molar-refractivity contribution < 1.29 is 14.7 Å². The Hall–Kier alpha value is -0.980. The van der Waals surface area contributed by atoms with Gasteiger partial charge in [-0.3, -0.25) is 5.21 Å². The lowest BCUT2D eigenvalue weighted by Gasteiger charge is -1.99. The van der Waals surface area contributed by atoms with Gasteiger partial charge in [0.25, 0.3) is 0 Å². The molecule has 0 amide bonds. The van der Waals surface area contributed by atoms with Crippen LogP contribution < -0.4 is 5.43 Å². The molecule has 6 heteroatoms. The van der Waals surface area contributed by atoms with Gasteiger partial charge in [0.1, 0.15) is 6.29 Å². The zero-order valence-corrected chi connectivity index (χ0v) is 9.72. The number of carbonyl (C=O) groups is 1. The predicted molar refractivity (Wildman–Crippen MR) is 60.7 cm³/mol. The van der Waals surface area contributed by atoms with Gasteiger partial charge in [0.15, 0.2) is 0 Å². The van der Waals surface area contributed by atoms with E-state index in [2.05, 4.69) is 5.43 Å². The van der Waals surface area contributed by atoms with Crippen molar-refractivity contribution in [1.82, 2.24) is 10.1 Å². The van der Waals surface area contributed by atoms with Gasteiger partial charge in [-0.1, -0.05) is 30.3 Å². The lowest BCUT2D eigenvalue weighted by Crippen LogP contribution is -2.27. The van der Waals surface area contributed by atoms with E-state index in [9.17, 15) is 4.79 Å². The highest BCUT2D eigenvalue weighted by molar-refractivity contribution is 6.12. The Morgan fingerprint density at radius 3 is 2.50 bits per heavy atom. The van der Waals surface area contributed by atoms with Crippen molar-refractivity contribution in [3.05, 3.63) is 35.9 Å². The molecule has 1 aromatic carbocycles. The van der Waals surface area contributed by atoms with E-state index in [0.29, 0.717) is 12.9 Å². The van der Waals surface area contributed by atoms with Gasteiger partial charge in [-0.25, -0.2) is 5.43 Å². The monoisotopic (exact) mass is 246 g/mol. The van der Waals surface area contributed by atoms with Crippen LogP contribution in [0.3, 0.4) is 0 Å². The molecule has 0 bridgehead atoms. The SMILES string of the molecule is COCc1ccccc1.O=CCNN(O)Cl. The highest BCUT2D eigenvalue weighted by atomic mass is 35.5. The molecule has 0 fully saturated rings. The smallest absolute Gasteiger partial charge is 0.135 e. The fourth-order valence-electron chi connectivity index (χ4n) is 0.853. The molecular weight excluding hydrogens is 232 g/mol. The fourth-order valence-corrected chi connectivity index (χ4v) is 0.923. The first-order chi connectivity index (χ1) is 7.70. The number of carbonyl (C=O) groups excluding carboxylic acids is 1. The van der Waals surface area contributed by atoms with Crippen LogP contribution in [0.2, 0.25) is 0 Å². The third kappa shape index (κ3) is 9.57. The summed E-state index contributed by atoms with van der Waals surface area (Å²) in [6.45, 7) is 0.723. The summed E-state index contributed by atoms with van der Waals surface area (Å²) in [4.78, 5) is 9.45. The molecule has 16 heavy (non-hydrogen) atoms. The molecule has 1 aromatic rings. The minimum atomic E-state index is 0.0139. The number of nitrogens with zero attached hydrogens (tertiary/aromatic N) is 1. The molecule has 0 aliphatic carbocycles. The first-order valence-corrected chi connectivity index (χ1v) is 4.89. The third-order valence-electron chi connectivity index (χ3n) is 1.46. The minimum Gasteiger partial charge on any atom is -0.380 e. The van der Waals surface area contributed by atoms with Crippen LogP contribution in [-0.4, -0.2) is 29.8 Å². The Kier molecular flexibility index (Phi) is 9.89. The number of ether oxygens (including phenoxy) is 1. The van der Waals surface area contributed by atoms with Crippen LogP contribution in [0.4, 0.5) is 0 Å². The molecule has 0 spiro atoms. The van der Waals surface area contributed by atoms with E-state index in [1.54, 1.807) is 7.11 Å². The first kappa shape index (κ1) is 15.0. The number of benzene rings is 1. The van der Waals surface area contributed by atoms with Gasteiger partial charge >= 0.3 is 0 Å². The van der Waals surface area contributed by atoms with Gasteiger partial charge < -0.3 is 9.53 Å². The average molecular weight is 247 g/mol. The Morgan fingerprint density at radius 1 is 1.50 bits per heavy atom. The van der Waals surface area contributed by atoms with Crippen LogP contribution in [0.25, 0.3) is 0 Å². The lowest BCUT2D eigenvalue weighted by atomic mass is 10.2. The summed E-state index contributed by atoms with van der Waals surface area (Å²) in [5.41, 5.74) is 3.30. The number of rotatable bonds is 5. The van der Waals surface area contributed by atoms with E-state index in [0.717, 1.165) is 0 Å². The summed E-state index contributed by atoms with van der Waals surface area (Å²) in [5.74, 6) is 0. The van der Waals surface area contributed by atoms with E-state index >= 15 is 0 Å². The molecule has 0 radical (unpaired) electrons. The summed E-state index contributed by atoms with van der Waals surface area (Å²) < 4.78 is 5.13. The third-order valence-corrected chi connectivity index (χ3v) is 1.58. The van der Waals surface area contributed by atoms with Crippen LogP contribution in [0.5, 0.6) is 0 Å². The lowest BCUT2D eigenvalue weighted by molar-refractivity contribution is -0.110. The number of hydrogen-bond acceptors (Lipinski definition) is 5.